The molecule has 2 unspecified atom stereocenters. The summed E-state index contributed by atoms with van der Waals surface area (Å²) in [7, 11) is 0.397. The Labute approximate surface area is 135 Å². The van der Waals surface area contributed by atoms with Crippen LogP contribution in [0.3, 0.4) is 0 Å². The molecule has 2 bridgehead atoms. The van der Waals surface area contributed by atoms with E-state index in [2.05, 4.69) is 13.8 Å². The Balaban J connectivity index is 1.89. The van der Waals surface area contributed by atoms with Crippen LogP contribution < -0.4 is 0 Å². The van der Waals surface area contributed by atoms with Crippen molar-refractivity contribution in [2.24, 2.45) is 5.92 Å². The van der Waals surface area contributed by atoms with Crippen LogP contribution >= 0.6 is 0 Å². The average Bonchev–Trinajstić information content (AvgIpc) is 3.03. The second-order valence-corrected chi connectivity index (χ2v) is 9.84. The van der Waals surface area contributed by atoms with Crippen molar-refractivity contribution >= 4 is 16.7 Å². The first-order chi connectivity index (χ1) is 10.2. The SMILES string of the molecule is CCCCCC[S+](CCCCCC)C12CCC(CC1=O)C2. The number of carbonyl (C=O) groups is 1. The molecule has 2 aliphatic carbocycles. The lowest BCUT2D eigenvalue weighted by molar-refractivity contribution is -0.120. The first-order valence-electron chi connectivity index (χ1n) is 9.44. The molecule has 0 saturated heterocycles. The Morgan fingerprint density at radius 3 is 2.05 bits per heavy atom. The maximum absolute atomic E-state index is 12.6. The summed E-state index contributed by atoms with van der Waals surface area (Å²) in [5.74, 6) is 4.13. The topological polar surface area (TPSA) is 17.1 Å². The number of hydrogen-bond acceptors (Lipinski definition) is 1. The summed E-state index contributed by atoms with van der Waals surface area (Å²) in [5, 5.41) is 0. The Hall–Kier alpha value is 0.0200. The highest BCUT2D eigenvalue weighted by Gasteiger charge is 2.61. The molecule has 0 radical (unpaired) electrons. The van der Waals surface area contributed by atoms with E-state index in [0.29, 0.717) is 16.7 Å². The molecule has 0 spiro atoms. The quantitative estimate of drug-likeness (QED) is 0.375. The Bertz CT molecular complexity index is 316. The van der Waals surface area contributed by atoms with Crippen LogP contribution in [0.4, 0.5) is 0 Å². The molecular formula is C19H35OS+. The first-order valence-corrected chi connectivity index (χ1v) is 11.0. The summed E-state index contributed by atoms with van der Waals surface area (Å²) in [6.07, 6.45) is 15.6. The molecule has 0 aliphatic heterocycles. The van der Waals surface area contributed by atoms with Gasteiger partial charge in [0.15, 0.2) is 10.5 Å². The molecule has 0 amide bonds. The molecule has 2 saturated carbocycles. The standard InChI is InChI=1S/C19H35OS/c1-3-5-7-9-13-21(14-10-8-6-4-2)19-12-11-17(16-19)15-18(19)20/h17H,3-16H2,1-2H3/q+1. The number of fused-ring (bicyclic) bond motifs is 2. The van der Waals surface area contributed by atoms with Crippen molar-refractivity contribution in [3.63, 3.8) is 0 Å². The molecule has 2 fully saturated rings. The molecule has 2 rings (SSSR count). The molecule has 0 aromatic heterocycles. The predicted molar refractivity (Wildman–Crippen MR) is 95.1 cm³/mol. The van der Waals surface area contributed by atoms with Gasteiger partial charge in [-0.1, -0.05) is 39.5 Å². The van der Waals surface area contributed by atoms with Crippen molar-refractivity contribution in [1.29, 1.82) is 0 Å². The maximum atomic E-state index is 12.6. The predicted octanol–water partition coefficient (Wildman–Crippen LogP) is 5.28. The van der Waals surface area contributed by atoms with Crippen molar-refractivity contribution in [1.82, 2.24) is 0 Å². The van der Waals surface area contributed by atoms with E-state index in [1.807, 2.05) is 0 Å². The smallest absolute Gasteiger partial charge is 0.188 e. The minimum absolute atomic E-state index is 0.170. The third-order valence-electron chi connectivity index (χ3n) is 5.60. The van der Waals surface area contributed by atoms with Gasteiger partial charge in [0, 0.05) is 30.2 Å². The van der Waals surface area contributed by atoms with Gasteiger partial charge in [-0.05, 0) is 38.0 Å². The fraction of sp³-hybridized carbons (Fsp3) is 0.947. The van der Waals surface area contributed by atoms with Gasteiger partial charge in [-0.2, -0.15) is 0 Å². The van der Waals surface area contributed by atoms with Gasteiger partial charge < -0.3 is 0 Å². The summed E-state index contributed by atoms with van der Waals surface area (Å²) in [6, 6.07) is 0. The molecule has 0 heterocycles. The summed E-state index contributed by atoms with van der Waals surface area (Å²) < 4.78 is 0.170. The molecule has 0 N–H and O–H groups in total. The van der Waals surface area contributed by atoms with Crippen LogP contribution in [0.1, 0.15) is 90.9 Å². The minimum Gasteiger partial charge on any atom is -0.294 e. The molecule has 2 aliphatic rings. The Morgan fingerprint density at radius 1 is 1.00 bits per heavy atom. The molecule has 0 aromatic carbocycles. The summed E-state index contributed by atoms with van der Waals surface area (Å²) >= 11 is 0. The van der Waals surface area contributed by atoms with Crippen LogP contribution in [-0.2, 0) is 15.7 Å². The molecule has 2 heteroatoms. The van der Waals surface area contributed by atoms with Crippen LogP contribution in [0, 0.1) is 5.92 Å². The number of Topliss-reactive ketones (excluding diaryl/α,β-unsaturated/α-hetero) is 1. The largest absolute Gasteiger partial charge is 0.294 e. The molecule has 21 heavy (non-hydrogen) atoms. The monoisotopic (exact) mass is 311 g/mol. The van der Waals surface area contributed by atoms with Gasteiger partial charge in [0.25, 0.3) is 0 Å². The van der Waals surface area contributed by atoms with Gasteiger partial charge in [-0.3, -0.25) is 4.79 Å². The fourth-order valence-electron chi connectivity index (χ4n) is 4.31. The average molecular weight is 312 g/mol. The van der Waals surface area contributed by atoms with Gasteiger partial charge >= 0.3 is 0 Å². The number of ketones is 1. The highest BCUT2D eigenvalue weighted by Crippen LogP contribution is 2.51. The molecule has 0 aromatic rings. The summed E-state index contributed by atoms with van der Waals surface area (Å²) in [6.45, 7) is 4.57. The van der Waals surface area contributed by atoms with E-state index in [1.165, 1.54) is 82.1 Å². The van der Waals surface area contributed by atoms with Gasteiger partial charge in [-0.25, -0.2) is 0 Å². The van der Waals surface area contributed by atoms with Gasteiger partial charge in [-0.15, -0.1) is 0 Å². The van der Waals surface area contributed by atoms with E-state index in [-0.39, 0.29) is 4.75 Å². The summed E-state index contributed by atoms with van der Waals surface area (Å²) in [5.41, 5.74) is 0. The second-order valence-electron chi connectivity index (χ2n) is 7.25. The Kier molecular flexibility index (Phi) is 7.12. The molecule has 122 valence electrons. The second kappa shape index (κ2) is 8.60. The lowest BCUT2D eigenvalue weighted by atomic mass is 9.99. The zero-order chi connectivity index (χ0) is 15.1. The highest BCUT2D eigenvalue weighted by atomic mass is 32.2. The zero-order valence-electron chi connectivity index (χ0n) is 14.3. The number of hydrogen-bond donors (Lipinski definition) is 0. The van der Waals surface area contributed by atoms with E-state index in [4.69, 9.17) is 0 Å². The van der Waals surface area contributed by atoms with Crippen LogP contribution in [-0.4, -0.2) is 22.0 Å². The lowest BCUT2D eigenvalue weighted by Gasteiger charge is -2.26. The van der Waals surface area contributed by atoms with Gasteiger partial charge in [0.05, 0.1) is 0 Å². The van der Waals surface area contributed by atoms with E-state index in [9.17, 15) is 4.79 Å². The van der Waals surface area contributed by atoms with E-state index in [0.717, 1.165) is 12.3 Å². The van der Waals surface area contributed by atoms with Crippen molar-refractivity contribution in [2.45, 2.75) is 95.6 Å². The maximum Gasteiger partial charge on any atom is 0.188 e. The van der Waals surface area contributed by atoms with Crippen LogP contribution in [0.5, 0.6) is 0 Å². The lowest BCUT2D eigenvalue weighted by Crippen LogP contribution is -2.44. The van der Waals surface area contributed by atoms with Crippen molar-refractivity contribution < 1.29 is 4.79 Å². The first kappa shape index (κ1) is 17.4. The van der Waals surface area contributed by atoms with Crippen molar-refractivity contribution in [3.8, 4) is 0 Å². The van der Waals surface area contributed by atoms with E-state index in [1.54, 1.807) is 0 Å². The number of rotatable bonds is 11. The van der Waals surface area contributed by atoms with Crippen molar-refractivity contribution in [2.75, 3.05) is 11.5 Å². The third-order valence-corrected chi connectivity index (χ3v) is 8.86. The minimum atomic E-state index is 0.170. The van der Waals surface area contributed by atoms with E-state index >= 15 is 0 Å². The van der Waals surface area contributed by atoms with Gasteiger partial charge in [0.1, 0.15) is 11.5 Å². The number of unbranched alkanes of at least 4 members (excludes halogenated alkanes) is 6. The highest BCUT2D eigenvalue weighted by molar-refractivity contribution is 7.98. The van der Waals surface area contributed by atoms with Crippen LogP contribution in [0.15, 0.2) is 0 Å². The van der Waals surface area contributed by atoms with Crippen molar-refractivity contribution in [3.05, 3.63) is 0 Å². The summed E-state index contributed by atoms with van der Waals surface area (Å²) in [4.78, 5) is 12.6. The van der Waals surface area contributed by atoms with Crippen LogP contribution in [0.25, 0.3) is 0 Å². The third kappa shape index (κ3) is 4.27. The van der Waals surface area contributed by atoms with E-state index < -0.39 is 0 Å². The van der Waals surface area contributed by atoms with Gasteiger partial charge in [0.2, 0.25) is 0 Å². The zero-order valence-corrected chi connectivity index (χ0v) is 15.1. The van der Waals surface area contributed by atoms with Crippen LogP contribution in [0.2, 0.25) is 0 Å². The molecule has 2 atom stereocenters. The fourth-order valence-corrected chi connectivity index (χ4v) is 7.68. The normalized spacial score (nSPS) is 28.0. The number of carbonyl (C=O) groups excluding carboxylic acids is 1. The molecular weight excluding hydrogens is 276 g/mol. The Morgan fingerprint density at radius 2 is 1.62 bits per heavy atom. The molecule has 1 nitrogen and oxygen atoms in total.